The highest BCUT2D eigenvalue weighted by molar-refractivity contribution is 5.44. The van der Waals surface area contributed by atoms with Crippen LogP contribution in [-0.4, -0.2) is 27.9 Å². The average molecular weight is 270 g/mol. The second-order valence-corrected chi connectivity index (χ2v) is 5.69. The highest BCUT2D eigenvalue weighted by Crippen LogP contribution is 2.26. The first kappa shape index (κ1) is 13.3. The second-order valence-electron chi connectivity index (χ2n) is 5.69. The van der Waals surface area contributed by atoms with Gasteiger partial charge in [0.25, 0.3) is 0 Å². The maximum Gasteiger partial charge on any atom is 0.148 e. The zero-order valence-electron chi connectivity index (χ0n) is 12.5. The third-order valence-corrected chi connectivity index (χ3v) is 4.20. The summed E-state index contributed by atoms with van der Waals surface area (Å²) in [5, 5.41) is 8.10. The van der Waals surface area contributed by atoms with Gasteiger partial charge in [-0.2, -0.15) is 5.10 Å². The molecule has 0 saturated carbocycles. The molecule has 1 N–H and O–H groups in total. The van der Waals surface area contributed by atoms with Crippen molar-refractivity contribution in [1.29, 1.82) is 0 Å². The van der Waals surface area contributed by atoms with Crippen LogP contribution in [0.5, 0.6) is 0 Å². The molecule has 4 heteroatoms. The quantitative estimate of drug-likeness (QED) is 0.912. The highest BCUT2D eigenvalue weighted by Gasteiger charge is 2.23. The number of benzene rings is 1. The molecule has 1 saturated heterocycles. The van der Waals surface area contributed by atoms with Crippen molar-refractivity contribution in [3.63, 3.8) is 0 Å². The Balaban J connectivity index is 2.07. The van der Waals surface area contributed by atoms with Gasteiger partial charge >= 0.3 is 0 Å². The lowest BCUT2D eigenvalue weighted by Crippen LogP contribution is -2.30. The first-order chi connectivity index (χ1) is 9.66. The Morgan fingerprint density at radius 1 is 1.25 bits per heavy atom. The molecule has 0 bridgehead atoms. The van der Waals surface area contributed by atoms with Crippen molar-refractivity contribution in [3.05, 3.63) is 41.0 Å². The smallest absolute Gasteiger partial charge is 0.148 e. The van der Waals surface area contributed by atoms with Gasteiger partial charge < -0.3 is 5.32 Å². The molecule has 3 rings (SSSR count). The number of hydrogen-bond donors (Lipinski definition) is 1. The van der Waals surface area contributed by atoms with E-state index in [9.17, 15) is 0 Å². The molecule has 1 atom stereocenters. The van der Waals surface area contributed by atoms with Crippen molar-refractivity contribution in [2.24, 2.45) is 0 Å². The Kier molecular flexibility index (Phi) is 3.57. The zero-order valence-corrected chi connectivity index (χ0v) is 12.5. The molecule has 106 valence electrons. The molecule has 1 unspecified atom stereocenters. The molecule has 2 aromatic rings. The van der Waals surface area contributed by atoms with Crippen LogP contribution in [0.25, 0.3) is 5.69 Å². The van der Waals surface area contributed by atoms with E-state index in [0.29, 0.717) is 5.92 Å². The van der Waals surface area contributed by atoms with Gasteiger partial charge in [0.2, 0.25) is 0 Å². The third-order valence-electron chi connectivity index (χ3n) is 4.20. The van der Waals surface area contributed by atoms with Gasteiger partial charge in [-0.3, -0.25) is 0 Å². The van der Waals surface area contributed by atoms with Gasteiger partial charge in [0.05, 0.1) is 5.69 Å². The van der Waals surface area contributed by atoms with Gasteiger partial charge in [-0.25, -0.2) is 9.67 Å². The Hall–Kier alpha value is -1.68. The summed E-state index contributed by atoms with van der Waals surface area (Å²) in [7, 11) is 0. The van der Waals surface area contributed by atoms with Crippen LogP contribution in [0.4, 0.5) is 0 Å². The highest BCUT2D eigenvalue weighted by atomic mass is 15.4. The number of aromatic nitrogens is 3. The van der Waals surface area contributed by atoms with Crippen molar-refractivity contribution < 1.29 is 0 Å². The summed E-state index contributed by atoms with van der Waals surface area (Å²) in [5.74, 6) is 2.42. The summed E-state index contributed by atoms with van der Waals surface area (Å²) in [6, 6.07) is 6.37. The van der Waals surface area contributed by atoms with E-state index in [-0.39, 0.29) is 0 Å². The van der Waals surface area contributed by atoms with Gasteiger partial charge in [0.15, 0.2) is 0 Å². The van der Waals surface area contributed by atoms with Gasteiger partial charge in [-0.15, -0.1) is 0 Å². The Morgan fingerprint density at radius 3 is 2.85 bits per heavy atom. The average Bonchev–Trinajstić information content (AvgIpc) is 2.85. The van der Waals surface area contributed by atoms with Crippen LogP contribution in [-0.2, 0) is 0 Å². The van der Waals surface area contributed by atoms with Crippen LogP contribution in [0.1, 0.15) is 41.5 Å². The summed E-state index contributed by atoms with van der Waals surface area (Å²) in [5.41, 5.74) is 3.73. The van der Waals surface area contributed by atoms with Crippen LogP contribution in [0.3, 0.4) is 0 Å². The minimum atomic E-state index is 0.463. The van der Waals surface area contributed by atoms with E-state index in [1.807, 2.05) is 6.92 Å². The molecular formula is C16H22N4. The lowest BCUT2D eigenvalue weighted by molar-refractivity contribution is 0.440. The molecule has 0 amide bonds. The standard InChI is InChI=1S/C16H22N4/c1-11-6-4-8-15(12(11)2)20-16(18-13(3)19-20)14-7-5-9-17-10-14/h4,6,8,14,17H,5,7,9-10H2,1-3H3. The van der Waals surface area contributed by atoms with E-state index in [2.05, 4.69) is 47.1 Å². The molecule has 0 aliphatic carbocycles. The maximum absolute atomic E-state index is 4.69. The first-order valence-electron chi connectivity index (χ1n) is 7.37. The summed E-state index contributed by atoms with van der Waals surface area (Å²) in [6.07, 6.45) is 2.40. The fraction of sp³-hybridized carbons (Fsp3) is 0.500. The van der Waals surface area contributed by atoms with Gasteiger partial charge in [-0.1, -0.05) is 12.1 Å². The minimum absolute atomic E-state index is 0.463. The van der Waals surface area contributed by atoms with Crippen molar-refractivity contribution in [1.82, 2.24) is 20.1 Å². The van der Waals surface area contributed by atoms with Gasteiger partial charge in [-0.05, 0) is 57.4 Å². The molecule has 2 heterocycles. The van der Waals surface area contributed by atoms with Crippen molar-refractivity contribution in [2.45, 2.75) is 39.5 Å². The molecule has 1 aromatic carbocycles. The van der Waals surface area contributed by atoms with E-state index in [1.165, 1.54) is 24.0 Å². The molecule has 1 aromatic heterocycles. The number of nitrogens with zero attached hydrogens (tertiary/aromatic N) is 3. The predicted molar refractivity (Wildman–Crippen MR) is 80.4 cm³/mol. The number of aryl methyl sites for hydroxylation is 2. The van der Waals surface area contributed by atoms with Gasteiger partial charge in [0.1, 0.15) is 11.6 Å². The molecule has 20 heavy (non-hydrogen) atoms. The van der Waals surface area contributed by atoms with Crippen LogP contribution in [0.2, 0.25) is 0 Å². The van der Waals surface area contributed by atoms with Crippen molar-refractivity contribution >= 4 is 0 Å². The number of hydrogen-bond acceptors (Lipinski definition) is 3. The third kappa shape index (κ3) is 2.36. The number of rotatable bonds is 2. The van der Waals surface area contributed by atoms with Crippen LogP contribution >= 0.6 is 0 Å². The molecule has 4 nitrogen and oxygen atoms in total. The molecule has 1 aliphatic heterocycles. The zero-order chi connectivity index (χ0) is 14.1. The Bertz CT molecular complexity index is 609. The fourth-order valence-corrected chi connectivity index (χ4v) is 2.91. The topological polar surface area (TPSA) is 42.7 Å². The summed E-state index contributed by atoms with van der Waals surface area (Å²) in [6.45, 7) is 8.40. The molecule has 1 fully saturated rings. The molecule has 0 spiro atoms. The second kappa shape index (κ2) is 5.37. The first-order valence-corrected chi connectivity index (χ1v) is 7.37. The van der Waals surface area contributed by atoms with E-state index < -0.39 is 0 Å². The Labute approximate surface area is 120 Å². The largest absolute Gasteiger partial charge is 0.316 e. The van der Waals surface area contributed by atoms with Crippen molar-refractivity contribution in [2.75, 3.05) is 13.1 Å². The number of piperidine rings is 1. The molecule has 1 aliphatic rings. The van der Waals surface area contributed by atoms with Crippen LogP contribution < -0.4 is 5.32 Å². The lowest BCUT2D eigenvalue weighted by Gasteiger charge is -2.23. The Morgan fingerprint density at radius 2 is 2.10 bits per heavy atom. The van der Waals surface area contributed by atoms with E-state index in [1.54, 1.807) is 0 Å². The normalized spacial score (nSPS) is 19.2. The fourth-order valence-electron chi connectivity index (χ4n) is 2.91. The SMILES string of the molecule is Cc1nc(C2CCCNC2)n(-c2cccc(C)c2C)n1. The van der Waals surface area contributed by atoms with Gasteiger partial charge in [0, 0.05) is 12.5 Å². The monoisotopic (exact) mass is 270 g/mol. The number of nitrogens with one attached hydrogen (secondary N) is 1. The van der Waals surface area contributed by atoms with E-state index >= 15 is 0 Å². The van der Waals surface area contributed by atoms with E-state index in [0.717, 1.165) is 30.4 Å². The molecule has 0 radical (unpaired) electrons. The lowest BCUT2D eigenvalue weighted by atomic mass is 9.98. The predicted octanol–water partition coefficient (Wildman–Crippen LogP) is 2.66. The van der Waals surface area contributed by atoms with Crippen LogP contribution in [0.15, 0.2) is 18.2 Å². The van der Waals surface area contributed by atoms with E-state index in [4.69, 9.17) is 4.98 Å². The minimum Gasteiger partial charge on any atom is -0.316 e. The molecular weight excluding hydrogens is 248 g/mol. The van der Waals surface area contributed by atoms with Crippen LogP contribution in [0, 0.1) is 20.8 Å². The summed E-state index contributed by atoms with van der Waals surface area (Å²) < 4.78 is 2.05. The summed E-state index contributed by atoms with van der Waals surface area (Å²) in [4.78, 5) is 4.69. The maximum atomic E-state index is 4.69. The van der Waals surface area contributed by atoms with Crippen molar-refractivity contribution in [3.8, 4) is 5.69 Å². The summed E-state index contributed by atoms with van der Waals surface area (Å²) >= 11 is 0.